The Balaban J connectivity index is 0. The van der Waals surface area contributed by atoms with Crippen LogP contribution in [0.4, 0.5) is 0 Å². The normalized spacial score (nSPS) is 8.18. The van der Waals surface area contributed by atoms with Crippen molar-refractivity contribution < 1.29 is 0 Å². The Morgan fingerprint density at radius 3 is 2.36 bits per heavy atom. The molecule has 66 valence electrons. The number of rotatable bonds is 2. The van der Waals surface area contributed by atoms with Crippen LogP contribution in [0.15, 0.2) is 0 Å². The zero-order valence-electron chi connectivity index (χ0n) is 6.11. The van der Waals surface area contributed by atoms with Gasteiger partial charge in [0.2, 0.25) is 0 Å². The number of nitrogens with two attached hydrogens (primary N) is 1. The van der Waals surface area contributed by atoms with Gasteiger partial charge < -0.3 is 5.73 Å². The number of aromatic nitrogens is 2. The van der Waals surface area contributed by atoms with Gasteiger partial charge in [-0.25, -0.2) is 0 Å². The van der Waals surface area contributed by atoms with Crippen LogP contribution in [-0.4, -0.2) is 16.7 Å². The fraction of sp³-hybridized carbons (Fsp3) is 0.600. The smallest absolute Gasteiger partial charge is 0.118 e. The predicted octanol–water partition coefficient (Wildman–Crippen LogP) is 1.19. The van der Waals surface area contributed by atoms with Crippen molar-refractivity contribution in [2.45, 2.75) is 13.3 Å². The molecule has 1 rings (SSSR count). The van der Waals surface area contributed by atoms with Crippen LogP contribution in [0.5, 0.6) is 0 Å². The lowest BCUT2D eigenvalue weighted by molar-refractivity contribution is 0.905. The third kappa shape index (κ3) is 4.53. The summed E-state index contributed by atoms with van der Waals surface area (Å²) in [5.74, 6) is 0. The molecule has 11 heavy (non-hydrogen) atoms. The molecular weight excluding hydrogens is 205 g/mol. The quantitative estimate of drug-likeness (QED) is 0.807. The molecule has 0 atom stereocenters. The first-order chi connectivity index (χ1) is 4.33. The summed E-state index contributed by atoms with van der Waals surface area (Å²) in [7, 11) is 0. The molecule has 1 aromatic rings. The van der Waals surface area contributed by atoms with Crippen LogP contribution in [0.3, 0.4) is 0 Å². The first kappa shape index (κ1) is 13.7. The minimum Gasteiger partial charge on any atom is -0.330 e. The minimum absolute atomic E-state index is 0. The van der Waals surface area contributed by atoms with E-state index in [0.717, 1.165) is 16.4 Å². The van der Waals surface area contributed by atoms with Gasteiger partial charge in [0, 0.05) is 6.42 Å². The molecule has 3 nitrogen and oxygen atoms in total. The fourth-order valence-electron chi connectivity index (χ4n) is 0.562. The van der Waals surface area contributed by atoms with Gasteiger partial charge >= 0.3 is 0 Å². The van der Waals surface area contributed by atoms with Gasteiger partial charge in [0.25, 0.3) is 0 Å². The molecule has 6 heteroatoms. The summed E-state index contributed by atoms with van der Waals surface area (Å²) in [5.41, 5.74) is 5.31. The molecule has 1 heterocycles. The van der Waals surface area contributed by atoms with E-state index in [9.17, 15) is 0 Å². The molecule has 2 N–H and O–H groups in total. The Morgan fingerprint density at radius 1 is 1.36 bits per heavy atom. The lowest BCUT2D eigenvalue weighted by Gasteiger charge is -1.83. The minimum atomic E-state index is 0. The Hall–Kier alpha value is 0.1000. The molecule has 0 saturated carbocycles. The molecule has 0 amide bonds. The zero-order chi connectivity index (χ0) is 6.69. The van der Waals surface area contributed by atoms with E-state index in [1.54, 1.807) is 11.3 Å². The highest BCUT2D eigenvalue weighted by molar-refractivity contribution is 7.11. The average molecular weight is 216 g/mol. The van der Waals surface area contributed by atoms with Gasteiger partial charge in [-0.15, -0.1) is 46.3 Å². The summed E-state index contributed by atoms with van der Waals surface area (Å²) in [4.78, 5) is 0. The van der Waals surface area contributed by atoms with Crippen molar-refractivity contribution >= 4 is 36.2 Å². The zero-order valence-corrected chi connectivity index (χ0v) is 8.56. The van der Waals surface area contributed by atoms with Gasteiger partial charge in [-0.2, -0.15) is 0 Å². The van der Waals surface area contributed by atoms with Crippen molar-refractivity contribution in [3.63, 3.8) is 0 Å². The van der Waals surface area contributed by atoms with E-state index in [0.29, 0.717) is 6.54 Å². The third-order valence-corrected chi connectivity index (χ3v) is 1.82. The maximum Gasteiger partial charge on any atom is 0.118 e. The molecule has 1 aromatic heterocycles. The second-order valence-corrected chi connectivity index (χ2v) is 3.02. The van der Waals surface area contributed by atoms with Crippen LogP contribution in [0.1, 0.15) is 10.0 Å². The second kappa shape index (κ2) is 6.79. The molecule has 0 aromatic carbocycles. The largest absolute Gasteiger partial charge is 0.330 e. The monoisotopic (exact) mass is 215 g/mol. The van der Waals surface area contributed by atoms with Gasteiger partial charge in [-0.3, -0.25) is 0 Å². The summed E-state index contributed by atoms with van der Waals surface area (Å²) in [6.45, 7) is 2.60. The molecule has 0 bridgehead atoms. The van der Waals surface area contributed by atoms with E-state index in [4.69, 9.17) is 5.73 Å². The number of hydrogen-bond donors (Lipinski definition) is 1. The Bertz CT molecular complexity index is 192. The lowest BCUT2D eigenvalue weighted by Crippen LogP contribution is -2.01. The maximum absolute atomic E-state index is 5.31. The van der Waals surface area contributed by atoms with Crippen LogP contribution in [0, 0.1) is 6.92 Å². The summed E-state index contributed by atoms with van der Waals surface area (Å²) >= 11 is 1.61. The molecule has 0 aliphatic heterocycles. The molecule has 0 aliphatic carbocycles. The number of nitrogens with zero attached hydrogens (tertiary/aromatic N) is 2. The number of aryl methyl sites for hydroxylation is 1. The SMILES string of the molecule is Cc1nnc(CCN)s1.Cl.Cl. The highest BCUT2D eigenvalue weighted by Gasteiger charge is 1.96. The van der Waals surface area contributed by atoms with E-state index >= 15 is 0 Å². The number of halogens is 2. The first-order valence-corrected chi connectivity index (χ1v) is 3.63. The van der Waals surface area contributed by atoms with Crippen molar-refractivity contribution in [1.82, 2.24) is 10.2 Å². The van der Waals surface area contributed by atoms with Gasteiger partial charge in [-0.1, -0.05) is 0 Å². The van der Waals surface area contributed by atoms with E-state index in [2.05, 4.69) is 10.2 Å². The Labute approximate surface area is 82.2 Å². The summed E-state index contributed by atoms with van der Waals surface area (Å²) in [6, 6.07) is 0. The van der Waals surface area contributed by atoms with Crippen LogP contribution in [-0.2, 0) is 6.42 Å². The van der Waals surface area contributed by atoms with E-state index < -0.39 is 0 Å². The first-order valence-electron chi connectivity index (χ1n) is 2.82. The molecule has 0 radical (unpaired) electrons. The van der Waals surface area contributed by atoms with Gasteiger partial charge in [0.1, 0.15) is 10.0 Å². The van der Waals surface area contributed by atoms with Gasteiger partial charge in [0.15, 0.2) is 0 Å². The third-order valence-electron chi connectivity index (χ3n) is 0.926. The van der Waals surface area contributed by atoms with Crippen LogP contribution in [0.25, 0.3) is 0 Å². The van der Waals surface area contributed by atoms with E-state index in [1.165, 1.54) is 0 Å². The van der Waals surface area contributed by atoms with Gasteiger partial charge in [-0.05, 0) is 13.5 Å². The van der Waals surface area contributed by atoms with Crippen molar-refractivity contribution in [3.8, 4) is 0 Å². The molecule has 0 unspecified atom stereocenters. The van der Waals surface area contributed by atoms with Crippen LogP contribution >= 0.6 is 36.2 Å². The maximum atomic E-state index is 5.31. The fourth-order valence-corrected chi connectivity index (χ4v) is 1.29. The standard InChI is InChI=1S/C5H9N3S.2ClH/c1-4-7-8-5(9-4)2-3-6;;/h2-3,6H2,1H3;2*1H. The molecule has 0 saturated heterocycles. The summed E-state index contributed by atoms with van der Waals surface area (Å²) < 4.78 is 0. The van der Waals surface area contributed by atoms with Crippen molar-refractivity contribution in [1.29, 1.82) is 0 Å². The molecular formula is C5H11Cl2N3S. The average Bonchev–Trinajstić information content (AvgIpc) is 2.17. The molecule has 0 fully saturated rings. The van der Waals surface area contributed by atoms with E-state index in [1.807, 2.05) is 6.92 Å². The van der Waals surface area contributed by atoms with Crippen molar-refractivity contribution in [2.24, 2.45) is 5.73 Å². The summed E-state index contributed by atoms with van der Waals surface area (Å²) in [6.07, 6.45) is 0.853. The Morgan fingerprint density at radius 2 is 2.00 bits per heavy atom. The van der Waals surface area contributed by atoms with Gasteiger partial charge in [0.05, 0.1) is 0 Å². The van der Waals surface area contributed by atoms with Crippen molar-refractivity contribution in [2.75, 3.05) is 6.54 Å². The Kier molecular flexibility index (Phi) is 8.44. The predicted molar refractivity (Wildman–Crippen MR) is 51.9 cm³/mol. The molecule has 0 aliphatic rings. The van der Waals surface area contributed by atoms with E-state index in [-0.39, 0.29) is 24.8 Å². The second-order valence-electron chi connectivity index (χ2n) is 1.75. The highest BCUT2D eigenvalue weighted by Crippen LogP contribution is 2.06. The topological polar surface area (TPSA) is 51.8 Å². The number of hydrogen-bond acceptors (Lipinski definition) is 4. The van der Waals surface area contributed by atoms with Crippen LogP contribution in [0.2, 0.25) is 0 Å². The lowest BCUT2D eigenvalue weighted by atomic mass is 10.5. The van der Waals surface area contributed by atoms with Crippen LogP contribution < -0.4 is 5.73 Å². The highest BCUT2D eigenvalue weighted by atomic mass is 35.5. The summed E-state index contributed by atoms with van der Waals surface area (Å²) in [5, 5.41) is 9.79. The molecule has 0 spiro atoms. The van der Waals surface area contributed by atoms with Crippen molar-refractivity contribution in [3.05, 3.63) is 10.0 Å².